The van der Waals surface area contributed by atoms with Crippen molar-refractivity contribution in [3.63, 3.8) is 0 Å². The van der Waals surface area contributed by atoms with E-state index in [2.05, 4.69) is 11.9 Å². The molecule has 0 aromatic heterocycles. The van der Waals surface area contributed by atoms with E-state index in [0.717, 1.165) is 43.0 Å². The molecule has 1 aromatic carbocycles. The molecule has 1 aromatic rings. The van der Waals surface area contributed by atoms with Crippen LogP contribution in [0.4, 0.5) is 0 Å². The molecule has 0 amide bonds. The lowest BCUT2D eigenvalue weighted by atomic mass is 10.1. The van der Waals surface area contributed by atoms with E-state index < -0.39 is 0 Å². The lowest BCUT2D eigenvalue weighted by Crippen LogP contribution is -2.35. The van der Waals surface area contributed by atoms with Crippen LogP contribution in [-0.4, -0.2) is 38.3 Å². The second-order valence-corrected chi connectivity index (χ2v) is 5.28. The summed E-state index contributed by atoms with van der Waals surface area (Å²) in [5.41, 5.74) is 7.01. The minimum atomic E-state index is -0.0996. The molecule has 0 spiro atoms. The van der Waals surface area contributed by atoms with Crippen molar-refractivity contribution in [2.75, 3.05) is 27.2 Å². The van der Waals surface area contributed by atoms with E-state index in [1.165, 1.54) is 0 Å². The standard InChI is InChI=1S/C15H24N2O2/c1-11(16)15-13(18-3)5-4-6-14(15)19-12-7-9-17(2)10-8-12/h4-6,11-12H,7-10,16H2,1-3H3/t11-/m1/s1. The molecule has 1 atom stereocenters. The first-order chi connectivity index (χ1) is 9.11. The smallest absolute Gasteiger partial charge is 0.128 e. The zero-order valence-corrected chi connectivity index (χ0v) is 12.1. The van der Waals surface area contributed by atoms with Crippen molar-refractivity contribution in [2.24, 2.45) is 5.73 Å². The van der Waals surface area contributed by atoms with Crippen LogP contribution >= 0.6 is 0 Å². The number of piperidine rings is 1. The van der Waals surface area contributed by atoms with Crippen molar-refractivity contribution < 1.29 is 9.47 Å². The van der Waals surface area contributed by atoms with E-state index in [1.807, 2.05) is 25.1 Å². The normalized spacial score (nSPS) is 19.2. The van der Waals surface area contributed by atoms with Crippen molar-refractivity contribution >= 4 is 0 Å². The Morgan fingerprint density at radius 2 is 1.89 bits per heavy atom. The van der Waals surface area contributed by atoms with Crippen LogP contribution in [0.15, 0.2) is 18.2 Å². The minimum Gasteiger partial charge on any atom is -0.496 e. The lowest BCUT2D eigenvalue weighted by molar-refractivity contribution is 0.112. The minimum absolute atomic E-state index is 0.0996. The van der Waals surface area contributed by atoms with Gasteiger partial charge in [-0.1, -0.05) is 6.07 Å². The van der Waals surface area contributed by atoms with Gasteiger partial charge in [0.15, 0.2) is 0 Å². The molecule has 1 heterocycles. The van der Waals surface area contributed by atoms with E-state index in [1.54, 1.807) is 7.11 Å². The maximum Gasteiger partial charge on any atom is 0.128 e. The number of nitrogens with zero attached hydrogens (tertiary/aromatic N) is 1. The molecule has 4 heteroatoms. The van der Waals surface area contributed by atoms with Gasteiger partial charge in [0.25, 0.3) is 0 Å². The summed E-state index contributed by atoms with van der Waals surface area (Å²) in [6, 6.07) is 5.77. The van der Waals surface area contributed by atoms with Crippen LogP contribution < -0.4 is 15.2 Å². The molecule has 0 bridgehead atoms. The van der Waals surface area contributed by atoms with E-state index in [-0.39, 0.29) is 12.1 Å². The third kappa shape index (κ3) is 3.39. The van der Waals surface area contributed by atoms with Gasteiger partial charge in [-0.3, -0.25) is 0 Å². The summed E-state index contributed by atoms with van der Waals surface area (Å²) in [5, 5.41) is 0. The molecule has 1 saturated heterocycles. The first-order valence-corrected chi connectivity index (χ1v) is 6.89. The van der Waals surface area contributed by atoms with Gasteiger partial charge >= 0.3 is 0 Å². The topological polar surface area (TPSA) is 47.7 Å². The molecular weight excluding hydrogens is 240 g/mol. The number of ether oxygens (including phenoxy) is 2. The third-order valence-corrected chi connectivity index (χ3v) is 3.66. The van der Waals surface area contributed by atoms with E-state index >= 15 is 0 Å². The van der Waals surface area contributed by atoms with Crippen LogP contribution in [0.2, 0.25) is 0 Å². The van der Waals surface area contributed by atoms with Crippen molar-refractivity contribution in [1.29, 1.82) is 0 Å². The van der Waals surface area contributed by atoms with Crippen molar-refractivity contribution in [2.45, 2.75) is 31.9 Å². The molecule has 0 aliphatic carbocycles. The van der Waals surface area contributed by atoms with Gasteiger partial charge in [0.2, 0.25) is 0 Å². The Kier molecular flexibility index (Phi) is 4.66. The molecule has 0 saturated carbocycles. The first-order valence-electron chi connectivity index (χ1n) is 6.89. The highest BCUT2D eigenvalue weighted by Crippen LogP contribution is 2.34. The summed E-state index contributed by atoms with van der Waals surface area (Å²) in [7, 11) is 3.82. The number of hydrogen-bond donors (Lipinski definition) is 1. The summed E-state index contributed by atoms with van der Waals surface area (Å²) in [6.45, 7) is 4.13. The molecule has 19 heavy (non-hydrogen) atoms. The molecule has 0 radical (unpaired) electrons. The van der Waals surface area contributed by atoms with Crippen LogP contribution in [-0.2, 0) is 0 Å². The highest BCUT2D eigenvalue weighted by atomic mass is 16.5. The van der Waals surface area contributed by atoms with Crippen LogP contribution in [0.3, 0.4) is 0 Å². The second-order valence-electron chi connectivity index (χ2n) is 5.28. The predicted molar refractivity (Wildman–Crippen MR) is 76.7 cm³/mol. The summed E-state index contributed by atoms with van der Waals surface area (Å²) in [5.74, 6) is 1.67. The van der Waals surface area contributed by atoms with Crippen LogP contribution in [0.5, 0.6) is 11.5 Å². The third-order valence-electron chi connectivity index (χ3n) is 3.66. The fraction of sp³-hybridized carbons (Fsp3) is 0.600. The van der Waals surface area contributed by atoms with Crippen molar-refractivity contribution in [3.8, 4) is 11.5 Å². The Bertz CT molecular complexity index is 413. The van der Waals surface area contributed by atoms with Gasteiger partial charge in [-0.25, -0.2) is 0 Å². The average Bonchev–Trinajstić information content (AvgIpc) is 2.40. The summed E-state index contributed by atoms with van der Waals surface area (Å²) >= 11 is 0. The molecule has 106 valence electrons. The van der Waals surface area contributed by atoms with E-state index in [4.69, 9.17) is 15.2 Å². The summed E-state index contributed by atoms with van der Waals surface area (Å²) in [4.78, 5) is 2.33. The van der Waals surface area contributed by atoms with Gasteiger partial charge in [-0.05, 0) is 38.9 Å². The second kappa shape index (κ2) is 6.26. The van der Waals surface area contributed by atoms with Crippen molar-refractivity contribution in [3.05, 3.63) is 23.8 Å². The van der Waals surface area contributed by atoms with Crippen LogP contribution in [0, 0.1) is 0 Å². The summed E-state index contributed by atoms with van der Waals surface area (Å²) < 4.78 is 11.5. The molecule has 1 fully saturated rings. The first kappa shape index (κ1) is 14.2. The number of benzene rings is 1. The van der Waals surface area contributed by atoms with Gasteiger partial charge in [0, 0.05) is 19.1 Å². The van der Waals surface area contributed by atoms with Crippen molar-refractivity contribution in [1.82, 2.24) is 4.90 Å². The zero-order valence-electron chi connectivity index (χ0n) is 12.1. The number of nitrogens with two attached hydrogens (primary N) is 1. The van der Waals surface area contributed by atoms with E-state index in [0.29, 0.717) is 0 Å². The van der Waals surface area contributed by atoms with Gasteiger partial charge in [0.05, 0.1) is 12.7 Å². The Hall–Kier alpha value is -1.26. The Morgan fingerprint density at radius 3 is 2.47 bits per heavy atom. The molecule has 0 unspecified atom stereocenters. The maximum absolute atomic E-state index is 6.15. The largest absolute Gasteiger partial charge is 0.496 e. The molecule has 2 rings (SSSR count). The fourth-order valence-electron chi connectivity index (χ4n) is 2.54. The Balaban J connectivity index is 2.15. The molecule has 1 aliphatic heterocycles. The predicted octanol–water partition coefficient (Wildman–Crippen LogP) is 2.19. The monoisotopic (exact) mass is 264 g/mol. The number of rotatable bonds is 4. The van der Waals surface area contributed by atoms with Gasteiger partial charge in [0.1, 0.15) is 17.6 Å². The zero-order chi connectivity index (χ0) is 13.8. The van der Waals surface area contributed by atoms with Gasteiger partial charge in [-0.15, -0.1) is 0 Å². The van der Waals surface area contributed by atoms with Gasteiger partial charge in [-0.2, -0.15) is 0 Å². The molecular formula is C15H24N2O2. The SMILES string of the molecule is COc1cccc(OC2CCN(C)CC2)c1[C@@H](C)N. The molecule has 2 N–H and O–H groups in total. The highest BCUT2D eigenvalue weighted by molar-refractivity contribution is 5.46. The van der Waals surface area contributed by atoms with Gasteiger partial charge < -0.3 is 20.1 Å². The highest BCUT2D eigenvalue weighted by Gasteiger charge is 2.21. The number of likely N-dealkylation sites (tertiary alicyclic amines) is 1. The van der Waals surface area contributed by atoms with Crippen LogP contribution in [0.25, 0.3) is 0 Å². The van der Waals surface area contributed by atoms with Crippen LogP contribution in [0.1, 0.15) is 31.4 Å². The Morgan fingerprint density at radius 1 is 1.26 bits per heavy atom. The Labute approximate surface area is 115 Å². The average molecular weight is 264 g/mol. The maximum atomic E-state index is 6.15. The number of hydrogen-bond acceptors (Lipinski definition) is 4. The molecule has 1 aliphatic rings. The summed E-state index contributed by atoms with van der Waals surface area (Å²) in [6.07, 6.45) is 2.40. The fourth-order valence-corrected chi connectivity index (χ4v) is 2.54. The lowest BCUT2D eigenvalue weighted by Gasteiger charge is -2.30. The quantitative estimate of drug-likeness (QED) is 0.905. The van der Waals surface area contributed by atoms with E-state index in [9.17, 15) is 0 Å². The number of methoxy groups -OCH3 is 1. The molecule has 4 nitrogen and oxygen atoms in total.